The lowest BCUT2D eigenvalue weighted by Crippen LogP contribution is -2.35. The first-order chi connectivity index (χ1) is 8.61. The van der Waals surface area contributed by atoms with Gasteiger partial charge < -0.3 is 10.0 Å². The van der Waals surface area contributed by atoms with E-state index in [0.717, 1.165) is 24.7 Å². The lowest BCUT2D eigenvalue weighted by Gasteiger charge is -2.34. The molecule has 1 aliphatic heterocycles. The molecule has 4 heteroatoms. The normalized spacial score (nSPS) is 19.9. The Morgan fingerprint density at radius 3 is 2.94 bits per heavy atom. The van der Waals surface area contributed by atoms with Gasteiger partial charge in [0, 0.05) is 18.8 Å². The average Bonchev–Trinajstić information content (AvgIpc) is 2.38. The zero-order valence-corrected chi connectivity index (χ0v) is 11.3. The van der Waals surface area contributed by atoms with Crippen LogP contribution >= 0.6 is 11.6 Å². The highest BCUT2D eigenvalue weighted by atomic mass is 35.5. The second-order valence-electron chi connectivity index (χ2n) is 4.83. The molecule has 1 fully saturated rings. The Morgan fingerprint density at radius 1 is 1.56 bits per heavy atom. The summed E-state index contributed by atoms with van der Waals surface area (Å²) in [5.74, 6) is -0.242. The van der Waals surface area contributed by atoms with Crippen LogP contribution in [0.15, 0.2) is 18.2 Å². The van der Waals surface area contributed by atoms with Gasteiger partial charge in [-0.3, -0.25) is 0 Å². The molecule has 1 saturated heterocycles. The van der Waals surface area contributed by atoms with Gasteiger partial charge in [0.25, 0.3) is 0 Å². The number of benzene rings is 1. The number of halogens is 1. The Kier molecular flexibility index (Phi) is 4.12. The van der Waals surface area contributed by atoms with Gasteiger partial charge in [-0.2, -0.15) is 0 Å². The van der Waals surface area contributed by atoms with Gasteiger partial charge in [0.1, 0.15) is 0 Å². The number of rotatable bonds is 3. The fourth-order valence-electron chi connectivity index (χ4n) is 2.51. The topological polar surface area (TPSA) is 40.5 Å². The molecular formula is C14H18ClNO2. The monoisotopic (exact) mass is 267 g/mol. The summed E-state index contributed by atoms with van der Waals surface area (Å²) < 4.78 is 0. The highest BCUT2D eigenvalue weighted by Crippen LogP contribution is 2.28. The van der Waals surface area contributed by atoms with Gasteiger partial charge in [-0.15, -0.1) is 0 Å². The molecular weight excluding hydrogens is 250 g/mol. The van der Waals surface area contributed by atoms with E-state index < -0.39 is 5.97 Å². The summed E-state index contributed by atoms with van der Waals surface area (Å²) in [6.45, 7) is 4.28. The molecule has 0 aromatic heterocycles. The number of carboxylic acids is 1. The van der Waals surface area contributed by atoms with E-state index in [1.165, 1.54) is 19.3 Å². The van der Waals surface area contributed by atoms with Crippen molar-refractivity contribution in [3.63, 3.8) is 0 Å². The van der Waals surface area contributed by atoms with Crippen LogP contribution in [0.25, 0.3) is 0 Å². The van der Waals surface area contributed by atoms with Gasteiger partial charge in [-0.05, 0) is 37.0 Å². The minimum Gasteiger partial charge on any atom is -0.478 e. The van der Waals surface area contributed by atoms with Crippen LogP contribution in [0.5, 0.6) is 0 Å². The minimum atomic E-state index is -0.975. The van der Waals surface area contributed by atoms with Crippen molar-refractivity contribution in [1.29, 1.82) is 0 Å². The maximum atomic E-state index is 10.9. The number of carboxylic acid groups (broad SMARTS) is 1. The maximum absolute atomic E-state index is 10.9. The molecule has 98 valence electrons. The van der Waals surface area contributed by atoms with E-state index in [1.54, 1.807) is 12.1 Å². The Labute approximate surface area is 112 Å². The lowest BCUT2D eigenvalue weighted by molar-refractivity contribution is 0.0697. The fraction of sp³-hybridized carbons (Fsp3) is 0.500. The van der Waals surface area contributed by atoms with Crippen molar-refractivity contribution in [3.05, 3.63) is 28.8 Å². The molecule has 2 rings (SSSR count). The highest BCUT2D eigenvalue weighted by molar-refractivity contribution is 6.33. The van der Waals surface area contributed by atoms with E-state index in [2.05, 4.69) is 11.8 Å². The van der Waals surface area contributed by atoms with Gasteiger partial charge in [-0.25, -0.2) is 4.79 Å². The summed E-state index contributed by atoms with van der Waals surface area (Å²) in [4.78, 5) is 13.2. The molecule has 3 nitrogen and oxygen atoms in total. The van der Waals surface area contributed by atoms with E-state index in [1.807, 2.05) is 6.07 Å². The molecule has 0 spiro atoms. The summed E-state index contributed by atoms with van der Waals surface area (Å²) in [5.41, 5.74) is 1.20. The third-order valence-electron chi connectivity index (χ3n) is 3.64. The van der Waals surface area contributed by atoms with Crippen molar-refractivity contribution >= 4 is 23.3 Å². The predicted molar refractivity (Wildman–Crippen MR) is 73.6 cm³/mol. The first-order valence-corrected chi connectivity index (χ1v) is 6.77. The van der Waals surface area contributed by atoms with Crippen LogP contribution in [0.2, 0.25) is 5.02 Å². The van der Waals surface area contributed by atoms with Crippen LogP contribution in [-0.2, 0) is 0 Å². The van der Waals surface area contributed by atoms with Gasteiger partial charge >= 0.3 is 5.97 Å². The van der Waals surface area contributed by atoms with Crippen LogP contribution in [-0.4, -0.2) is 24.2 Å². The van der Waals surface area contributed by atoms with Crippen molar-refractivity contribution in [2.45, 2.75) is 26.2 Å². The summed E-state index contributed by atoms with van der Waals surface area (Å²) in [7, 11) is 0. The van der Waals surface area contributed by atoms with Crippen molar-refractivity contribution in [1.82, 2.24) is 0 Å². The number of hydrogen-bond acceptors (Lipinski definition) is 2. The minimum absolute atomic E-state index is 0.171. The van der Waals surface area contributed by atoms with Crippen LogP contribution in [0.1, 0.15) is 36.5 Å². The van der Waals surface area contributed by atoms with Gasteiger partial charge in [0.15, 0.2) is 0 Å². The summed E-state index contributed by atoms with van der Waals surface area (Å²) >= 11 is 6.01. The van der Waals surface area contributed by atoms with E-state index in [9.17, 15) is 4.79 Å². The van der Waals surface area contributed by atoms with Crippen LogP contribution in [0.3, 0.4) is 0 Å². The van der Waals surface area contributed by atoms with E-state index >= 15 is 0 Å². The third kappa shape index (κ3) is 2.78. The van der Waals surface area contributed by atoms with Crippen LogP contribution < -0.4 is 4.90 Å². The smallest absolute Gasteiger partial charge is 0.337 e. The molecule has 1 N–H and O–H groups in total. The Hall–Kier alpha value is -1.22. The van der Waals surface area contributed by atoms with Crippen molar-refractivity contribution in [3.8, 4) is 0 Å². The second-order valence-corrected chi connectivity index (χ2v) is 5.24. The Balaban J connectivity index is 2.18. The molecule has 1 aromatic carbocycles. The number of anilines is 1. The largest absolute Gasteiger partial charge is 0.478 e. The molecule has 1 atom stereocenters. The van der Waals surface area contributed by atoms with E-state index in [0.29, 0.717) is 5.02 Å². The third-order valence-corrected chi connectivity index (χ3v) is 3.96. The van der Waals surface area contributed by atoms with Crippen LogP contribution in [0, 0.1) is 5.92 Å². The zero-order chi connectivity index (χ0) is 13.1. The van der Waals surface area contributed by atoms with E-state index in [-0.39, 0.29) is 5.56 Å². The molecule has 18 heavy (non-hydrogen) atoms. The number of hydrogen-bond donors (Lipinski definition) is 1. The summed E-state index contributed by atoms with van der Waals surface area (Å²) in [6.07, 6.45) is 3.67. The van der Waals surface area contributed by atoms with Crippen molar-refractivity contribution in [2.75, 3.05) is 18.0 Å². The molecule has 1 unspecified atom stereocenters. The molecule has 0 aliphatic carbocycles. The molecule has 1 aliphatic rings. The lowest BCUT2D eigenvalue weighted by atomic mass is 9.95. The summed E-state index contributed by atoms with van der Waals surface area (Å²) in [6, 6.07) is 5.21. The first-order valence-electron chi connectivity index (χ1n) is 6.39. The number of carbonyl (C=O) groups is 1. The highest BCUT2D eigenvalue weighted by Gasteiger charge is 2.19. The SMILES string of the molecule is CCC1CCCN(c2ccc(C(=O)O)c(Cl)c2)C1. The van der Waals surface area contributed by atoms with Crippen LogP contribution in [0.4, 0.5) is 5.69 Å². The van der Waals surface area contributed by atoms with Gasteiger partial charge in [-0.1, -0.05) is 24.9 Å². The Morgan fingerprint density at radius 2 is 2.33 bits per heavy atom. The quantitative estimate of drug-likeness (QED) is 0.908. The standard InChI is InChI=1S/C14H18ClNO2/c1-2-10-4-3-7-16(9-10)11-5-6-12(14(17)18)13(15)8-11/h5-6,8,10H,2-4,7,9H2,1H3,(H,17,18). The first kappa shape index (κ1) is 13.2. The van der Waals surface area contributed by atoms with Gasteiger partial charge in [0.05, 0.1) is 10.6 Å². The Bertz CT molecular complexity index is 447. The second kappa shape index (κ2) is 5.61. The molecule has 1 aromatic rings. The van der Waals surface area contributed by atoms with Crippen molar-refractivity contribution < 1.29 is 9.90 Å². The van der Waals surface area contributed by atoms with E-state index in [4.69, 9.17) is 16.7 Å². The molecule has 1 heterocycles. The average molecular weight is 268 g/mol. The molecule has 0 amide bonds. The number of piperidine rings is 1. The number of nitrogens with zero attached hydrogens (tertiary/aromatic N) is 1. The van der Waals surface area contributed by atoms with Gasteiger partial charge in [0.2, 0.25) is 0 Å². The molecule has 0 bridgehead atoms. The maximum Gasteiger partial charge on any atom is 0.337 e. The zero-order valence-electron chi connectivity index (χ0n) is 10.5. The molecule has 0 saturated carbocycles. The predicted octanol–water partition coefficient (Wildman–Crippen LogP) is 3.66. The fourth-order valence-corrected chi connectivity index (χ4v) is 2.76. The van der Waals surface area contributed by atoms with Crippen molar-refractivity contribution in [2.24, 2.45) is 5.92 Å². The summed E-state index contributed by atoms with van der Waals surface area (Å²) in [5, 5.41) is 9.27. The molecule has 0 radical (unpaired) electrons. The number of aromatic carboxylic acids is 1.